The van der Waals surface area contributed by atoms with Gasteiger partial charge in [-0.2, -0.15) is 28.6 Å². The zero-order valence-corrected chi connectivity index (χ0v) is 12.5. The Morgan fingerprint density at radius 2 is 2.33 bits per heavy atom. The van der Waals surface area contributed by atoms with Gasteiger partial charge in [0, 0.05) is 41.0 Å². The van der Waals surface area contributed by atoms with Crippen LogP contribution < -0.4 is 11.3 Å². The highest BCUT2D eigenvalue weighted by Crippen LogP contribution is 2.33. The summed E-state index contributed by atoms with van der Waals surface area (Å²) in [4.78, 5) is 4.33. The van der Waals surface area contributed by atoms with Crippen LogP contribution in [0.4, 0.5) is 0 Å². The van der Waals surface area contributed by atoms with Gasteiger partial charge in [0.2, 0.25) is 0 Å². The third kappa shape index (κ3) is 3.20. The molecule has 0 radical (unpaired) electrons. The summed E-state index contributed by atoms with van der Waals surface area (Å²) >= 11 is 4.05. The summed E-state index contributed by atoms with van der Waals surface area (Å²) in [6.07, 6.45) is 2.46. The molecule has 1 aliphatic heterocycles. The van der Waals surface area contributed by atoms with Gasteiger partial charge in [0.1, 0.15) is 12.2 Å². The quantitative estimate of drug-likeness (QED) is 0.620. The van der Waals surface area contributed by atoms with E-state index in [1.807, 2.05) is 28.2 Å². The van der Waals surface area contributed by atoms with Gasteiger partial charge >= 0.3 is 0 Å². The Bertz CT molecular complexity index is 370. The van der Waals surface area contributed by atoms with Crippen LogP contribution in [0.1, 0.15) is 19.7 Å². The summed E-state index contributed by atoms with van der Waals surface area (Å²) < 4.78 is 1.94. The van der Waals surface area contributed by atoms with Gasteiger partial charge in [-0.15, -0.1) is 0 Å². The van der Waals surface area contributed by atoms with Gasteiger partial charge in [0.05, 0.1) is 0 Å². The molecule has 0 aliphatic carbocycles. The van der Waals surface area contributed by atoms with Crippen LogP contribution in [0.2, 0.25) is 0 Å². The van der Waals surface area contributed by atoms with Crippen molar-refractivity contribution in [1.82, 2.24) is 20.2 Å². The van der Waals surface area contributed by atoms with E-state index in [2.05, 4.69) is 29.4 Å². The van der Waals surface area contributed by atoms with Gasteiger partial charge in [0.25, 0.3) is 0 Å². The predicted octanol–water partition coefficient (Wildman–Crippen LogP) is 0.910. The summed E-state index contributed by atoms with van der Waals surface area (Å²) in [5.41, 5.74) is 2.98. The molecule has 1 aromatic heterocycles. The number of aryl methyl sites for hydroxylation is 1. The third-order valence-electron chi connectivity index (χ3n) is 3.25. The number of nitrogens with one attached hydrogen (secondary N) is 1. The number of hydrogen-bond acceptors (Lipinski definition) is 6. The average molecular weight is 287 g/mol. The van der Waals surface area contributed by atoms with Crippen molar-refractivity contribution in [3.63, 3.8) is 0 Å². The molecule has 5 nitrogen and oxygen atoms in total. The minimum absolute atomic E-state index is 0.257. The molecule has 1 fully saturated rings. The molecular formula is C11H21N5S2. The Balaban J connectivity index is 2.04. The Morgan fingerprint density at radius 1 is 1.56 bits per heavy atom. The van der Waals surface area contributed by atoms with Gasteiger partial charge in [-0.05, 0) is 6.92 Å². The van der Waals surface area contributed by atoms with E-state index in [1.54, 1.807) is 6.33 Å². The summed E-state index contributed by atoms with van der Waals surface area (Å²) in [5.74, 6) is 9.21. The smallest absolute Gasteiger partial charge is 0.138 e. The highest BCUT2D eigenvalue weighted by atomic mass is 32.2. The number of hydrazine groups is 1. The van der Waals surface area contributed by atoms with E-state index in [-0.39, 0.29) is 6.04 Å². The topological polar surface area (TPSA) is 68.8 Å². The fourth-order valence-corrected chi connectivity index (χ4v) is 5.21. The van der Waals surface area contributed by atoms with Crippen LogP contribution in [0.15, 0.2) is 6.33 Å². The highest BCUT2D eigenvalue weighted by molar-refractivity contribution is 8.07. The van der Waals surface area contributed by atoms with Gasteiger partial charge < -0.3 is 0 Å². The van der Waals surface area contributed by atoms with E-state index in [9.17, 15) is 0 Å². The Labute approximate surface area is 117 Å². The SMILES string of the molecule is CCn1ncnc1CC(NN)C1SCCSC1C. The maximum atomic E-state index is 5.74. The van der Waals surface area contributed by atoms with Crippen molar-refractivity contribution in [3.8, 4) is 0 Å². The number of rotatable bonds is 5. The number of thioether (sulfide) groups is 2. The van der Waals surface area contributed by atoms with Crippen LogP contribution in [0, 0.1) is 0 Å². The van der Waals surface area contributed by atoms with E-state index in [1.165, 1.54) is 11.5 Å². The number of aromatic nitrogens is 3. The molecular weight excluding hydrogens is 266 g/mol. The Hall–Kier alpha value is -0.240. The highest BCUT2D eigenvalue weighted by Gasteiger charge is 2.30. The number of nitrogens with zero attached hydrogens (tertiary/aromatic N) is 3. The van der Waals surface area contributed by atoms with E-state index in [0.29, 0.717) is 10.5 Å². The molecule has 2 rings (SSSR count). The fraction of sp³-hybridized carbons (Fsp3) is 0.818. The van der Waals surface area contributed by atoms with Crippen molar-refractivity contribution in [2.75, 3.05) is 11.5 Å². The second-order valence-corrected chi connectivity index (χ2v) is 7.15. The molecule has 0 spiro atoms. The normalized spacial score (nSPS) is 26.2. The van der Waals surface area contributed by atoms with Gasteiger partial charge in [-0.25, -0.2) is 4.98 Å². The molecule has 0 amide bonds. The lowest BCUT2D eigenvalue weighted by Gasteiger charge is -2.33. The van der Waals surface area contributed by atoms with Crippen molar-refractivity contribution in [1.29, 1.82) is 0 Å². The zero-order chi connectivity index (χ0) is 13.0. The molecule has 7 heteroatoms. The average Bonchev–Trinajstić information content (AvgIpc) is 2.84. The van der Waals surface area contributed by atoms with Crippen molar-refractivity contribution >= 4 is 23.5 Å². The summed E-state index contributed by atoms with van der Waals surface area (Å²) in [6, 6.07) is 0.257. The molecule has 3 atom stereocenters. The first kappa shape index (κ1) is 14.2. The summed E-state index contributed by atoms with van der Waals surface area (Å²) in [5, 5.41) is 5.38. The Morgan fingerprint density at radius 3 is 3.00 bits per heavy atom. The van der Waals surface area contributed by atoms with Crippen molar-refractivity contribution in [2.45, 2.75) is 43.4 Å². The van der Waals surface area contributed by atoms with Crippen LogP contribution in [-0.2, 0) is 13.0 Å². The number of hydrogen-bond donors (Lipinski definition) is 2. The summed E-state index contributed by atoms with van der Waals surface area (Å²) in [6.45, 7) is 5.22. The van der Waals surface area contributed by atoms with E-state index >= 15 is 0 Å². The molecule has 0 saturated carbocycles. The fourth-order valence-electron chi connectivity index (χ4n) is 2.27. The van der Waals surface area contributed by atoms with Crippen LogP contribution in [0.25, 0.3) is 0 Å². The van der Waals surface area contributed by atoms with E-state index in [4.69, 9.17) is 5.84 Å². The van der Waals surface area contributed by atoms with Crippen molar-refractivity contribution in [3.05, 3.63) is 12.2 Å². The predicted molar refractivity (Wildman–Crippen MR) is 78.7 cm³/mol. The van der Waals surface area contributed by atoms with Crippen LogP contribution in [0.5, 0.6) is 0 Å². The van der Waals surface area contributed by atoms with E-state index < -0.39 is 0 Å². The van der Waals surface area contributed by atoms with Crippen LogP contribution in [-0.4, -0.2) is 42.8 Å². The minimum atomic E-state index is 0.257. The molecule has 3 unspecified atom stereocenters. The molecule has 102 valence electrons. The molecule has 0 bridgehead atoms. The maximum Gasteiger partial charge on any atom is 0.138 e. The molecule has 2 heterocycles. The van der Waals surface area contributed by atoms with Gasteiger partial charge in [0.15, 0.2) is 0 Å². The Kier molecular flexibility index (Phi) is 5.35. The lowest BCUT2D eigenvalue weighted by molar-refractivity contribution is 0.474. The third-order valence-corrected chi connectivity index (χ3v) is 6.50. The first-order valence-corrected chi connectivity index (χ1v) is 8.42. The van der Waals surface area contributed by atoms with Crippen molar-refractivity contribution in [2.24, 2.45) is 5.84 Å². The molecule has 0 aromatic carbocycles. The molecule has 3 N–H and O–H groups in total. The van der Waals surface area contributed by atoms with Crippen LogP contribution >= 0.6 is 23.5 Å². The first-order chi connectivity index (χ1) is 8.76. The lowest BCUT2D eigenvalue weighted by atomic mass is 10.1. The second-order valence-electron chi connectivity index (χ2n) is 4.38. The van der Waals surface area contributed by atoms with Gasteiger partial charge in [-0.3, -0.25) is 16.0 Å². The van der Waals surface area contributed by atoms with Crippen molar-refractivity contribution < 1.29 is 0 Å². The summed E-state index contributed by atoms with van der Waals surface area (Å²) in [7, 11) is 0. The minimum Gasteiger partial charge on any atom is -0.271 e. The van der Waals surface area contributed by atoms with Crippen LogP contribution in [0.3, 0.4) is 0 Å². The molecule has 1 aromatic rings. The zero-order valence-electron chi connectivity index (χ0n) is 10.9. The van der Waals surface area contributed by atoms with Gasteiger partial charge in [-0.1, -0.05) is 6.92 Å². The second kappa shape index (κ2) is 6.79. The molecule has 1 aliphatic rings. The lowest BCUT2D eigenvalue weighted by Crippen LogP contribution is -2.49. The molecule has 1 saturated heterocycles. The monoisotopic (exact) mass is 287 g/mol. The largest absolute Gasteiger partial charge is 0.271 e. The van der Waals surface area contributed by atoms with E-state index in [0.717, 1.165) is 18.8 Å². The molecule has 18 heavy (non-hydrogen) atoms. The standard InChI is InChI=1S/C11H21N5S2/c1-3-16-10(13-7-14-16)6-9(15-12)11-8(2)17-4-5-18-11/h7-9,11,15H,3-6,12H2,1-2H3. The first-order valence-electron chi connectivity index (χ1n) is 6.32. The number of nitrogens with two attached hydrogens (primary N) is 1. The maximum absolute atomic E-state index is 5.74.